The van der Waals surface area contributed by atoms with Crippen LogP contribution < -0.4 is 5.63 Å². The van der Waals surface area contributed by atoms with E-state index in [1.54, 1.807) is 24.5 Å². The summed E-state index contributed by atoms with van der Waals surface area (Å²) in [7, 11) is 0. The normalized spacial score (nSPS) is 11.8. The highest BCUT2D eigenvalue weighted by molar-refractivity contribution is 5.79. The first-order valence-corrected chi connectivity index (χ1v) is 6.81. The van der Waals surface area contributed by atoms with Crippen LogP contribution in [0.15, 0.2) is 51.9 Å². The molecule has 1 aromatic carbocycles. The minimum atomic E-state index is -0.363. The molecule has 4 heteroatoms. The maximum absolute atomic E-state index is 12.2. The van der Waals surface area contributed by atoms with Crippen LogP contribution in [0.4, 0.5) is 0 Å². The molecule has 2 heterocycles. The molecule has 0 saturated heterocycles. The predicted molar refractivity (Wildman–Crippen MR) is 82.2 cm³/mol. The van der Waals surface area contributed by atoms with Gasteiger partial charge in [-0.25, -0.2) is 9.78 Å². The van der Waals surface area contributed by atoms with E-state index >= 15 is 0 Å². The molecule has 0 radical (unpaired) electrons. The van der Waals surface area contributed by atoms with Gasteiger partial charge in [-0.1, -0.05) is 26.8 Å². The molecule has 0 atom stereocenters. The Morgan fingerprint density at radius 3 is 2.43 bits per heavy atom. The summed E-state index contributed by atoms with van der Waals surface area (Å²) in [4.78, 5) is 20.6. The molecular formula is C17H16N2O2. The summed E-state index contributed by atoms with van der Waals surface area (Å²) >= 11 is 0. The second-order valence-corrected chi connectivity index (χ2v) is 6.02. The SMILES string of the molecule is CC(C)(C)c1ccc2nc(-c3ccncc3)oc(=O)c2c1. The monoisotopic (exact) mass is 280 g/mol. The average molecular weight is 280 g/mol. The maximum atomic E-state index is 12.2. The van der Waals surface area contributed by atoms with Gasteiger partial charge in [0.2, 0.25) is 5.89 Å². The summed E-state index contributed by atoms with van der Waals surface area (Å²) in [6.07, 6.45) is 3.29. The van der Waals surface area contributed by atoms with Crippen LogP contribution in [0.1, 0.15) is 26.3 Å². The van der Waals surface area contributed by atoms with E-state index in [4.69, 9.17) is 4.42 Å². The van der Waals surface area contributed by atoms with E-state index in [1.165, 1.54) is 0 Å². The van der Waals surface area contributed by atoms with Gasteiger partial charge in [0, 0.05) is 18.0 Å². The van der Waals surface area contributed by atoms with Crippen molar-refractivity contribution in [2.75, 3.05) is 0 Å². The van der Waals surface area contributed by atoms with Crippen molar-refractivity contribution in [2.24, 2.45) is 0 Å². The lowest BCUT2D eigenvalue weighted by Gasteiger charge is -2.19. The minimum Gasteiger partial charge on any atom is -0.403 e. The summed E-state index contributed by atoms with van der Waals surface area (Å²) in [6.45, 7) is 6.32. The lowest BCUT2D eigenvalue weighted by atomic mass is 9.86. The highest BCUT2D eigenvalue weighted by atomic mass is 16.4. The molecule has 0 aliphatic rings. The molecule has 3 aromatic rings. The van der Waals surface area contributed by atoms with Crippen molar-refractivity contribution in [1.82, 2.24) is 9.97 Å². The van der Waals surface area contributed by atoms with Crippen LogP contribution >= 0.6 is 0 Å². The van der Waals surface area contributed by atoms with Crippen molar-refractivity contribution in [3.63, 3.8) is 0 Å². The third kappa shape index (κ3) is 2.57. The van der Waals surface area contributed by atoms with Gasteiger partial charge in [0.25, 0.3) is 0 Å². The first-order valence-electron chi connectivity index (χ1n) is 6.81. The Labute approximate surface area is 122 Å². The third-order valence-electron chi connectivity index (χ3n) is 3.42. The molecule has 3 rings (SSSR count). The summed E-state index contributed by atoms with van der Waals surface area (Å²) in [5, 5.41) is 0.514. The molecule has 0 saturated carbocycles. The zero-order valence-corrected chi connectivity index (χ0v) is 12.3. The van der Waals surface area contributed by atoms with Gasteiger partial charge < -0.3 is 4.42 Å². The number of hydrogen-bond acceptors (Lipinski definition) is 4. The van der Waals surface area contributed by atoms with Gasteiger partial charge in [0.15, 0.2) is 0 Å². The lowest BCUT2D eigenvalue weighted by molar-refractivity contribution is 0.517. The molecule has 0 amide bonds. The minimum absolute atomic E-state index is 0.0234. The summed E-state index contributed by atoms with van der Waals surface area (Å²) < 4.78 is 5.35. The van der Waals surface area contributed by atoms with Crippen LogP contribution in [0.2, 0.25) is 0 Å². The molecule has 21 heavy (non-hydrogen) atoms. The highest BCUT2D eigenvalue weighted by Gasteiger charge is 2.16. The number of rotatable bonds is 1. The van der Waals surface area contributed by atoms with Gasteiger partial charge >= 0.3 is 5.63 Å². The Bertz CT molecular complexity index is 846. The van der Waals surface area contributed by atoms with Crippen molar-refractivity contribution in [3.05, 3.63) is 58.7 Å². The molecule has 0 spiro atoms. The van der Waals surface area contributed by atoms with E-state index in [0.29, 0.717) is 16.8 Å². The Morgan fingerprint density at radius 2 is 1.76 bits per heavy atom. The number of pyridine rings is 1. The van der Waals surface area contributed by atoms with Crippen LogP contribution in [0.5, 0.6) is 0 Å². The van der Waals surface area contributed by atoms with Crippen LogP contribution in [-0.2, 0) is 5.41 Å². The van der Waals surface area contributed by atoms with Crippen LogP contribution in [0.3, 0.4) is 0 Å². The van der Waals surface area contributed by atoms with Gasteiger partial charge in [-0.3, -0.25) is 4.98 Å². The van der Waals surface area contributed by atoms with Gasteiger partial charge in [-0.15, -0.1) is 0 Å². The summed E-state index contributed by atoms with van der Waals surface area (Å²) in [5.41, 5.74) is 2.08. The second-order valence-electron chi connectivity index (χ2n) is 6.02. The van der Waals surface area contributed by atoms with Crippen LogP contribution in [-0.4, -0.2) is 9.97 Å². The summed E-state index contributed by atoms with van der Waals surface area (Å²) in [6, 6.07) is 9.27. The van der Waals surface area contributed by atoms with Crippen LogP contribution in [0, 0.1) is 0 Å². The van der Waals surface area contributed by atoms with Crippen LogP contribution in [0.25, 0.3) is 22.4 Å². The number of benzene rings is 1. The van der Waals surface area contributed by atoms with E-state index < -0.39 is 0 Å². The molecule has 0 bridgehead atoms. The van der Waals surface area contributed by atoms with Crippen molar-refractivity contribution < 1.29 is 4.42 Å². The van der Waals surface area contributed by atoms with E-state index in [1.807, 2.05) is 18.2 Å². The lowest BCUT2D eigenvalue weighted by Crippen LogP contribution is -2.12. The number of fused-ring (bicyclic) bond motifs is 1. The topological polar surface area (TPSA) is 56.0 Å². The van der Waals surface area contributed by atoms with Crippen molar-refractivity contribution in [3.8, 4) is 11.5 Å². The Balaban J connectivity index is 2.21. The smallest absolute Gasteiger partial charge is 0.347 e. The molecule has 0 aliphatic carbocycles. The van der Waals surface area contributed by atoms with Crippen molar-refractivity contribution in [1.29, 1.82) is 0 Å². The standard InChI is InChI=1S/C17H16N2O2/c1-17(2,3)12-4-5-14-13(10-12)16(20)21-15(19-14)11-6-8-18-9-7-11/h4-10H,1-3H3. The fraction of sp³-hybridized carbons (Fsp3) is 0.235. The Kier molecular flexibility index (Phi) is 3.09. The molecule has 0 N–H and O–H groups in total. The molecule has 2 aromatic heterocycles. The van der Waals surface area contributed by atoms with Crippen molar-refractivity contribution in [2.45, 2.75) is 26.2 Å². The maximum Gasteiger partial charge on any atom is 0.347 e. The van der Waals surface area contributed by atoms with E-state index in [-0.39, 0.29) is 11.0 Å². The fourth-order valence-corrected chi connectivity index (χ4v) is 2.16. The number of hydrogen-bond donors (Lipinski definition) is 0. The van der Waals surface area contributed by atoms with E-state index in [0.717, 1.165) is 11.1 Å². The first kappa shape index (κ1) is 13.5. The quantitative estimate of drug-likeness (QED) is 0.684. The number of aromatic nitrogens is 2. The van der Waals surface area contributed by atoms with Gasteiger partial charge in [-0.05, 0) is 35.2 Å². The Morgan fingerprint density at radius 1 is 1.05 bits per heavy atom. The van der Waals surface area contributed by atoms with Gasteiger partial charge in [0.1, 0.15) is 0 Å². The average Bonchev–Trinajstić information content (AvgIpc) is 2.47. The second kappa shape index (κ2) is 4.81. The Hall–Kier alpha value is -2.49. The molecule has 106 valence electrons. The van der Waals surface area contributed by atoms with Crippen molar-refractivity contribution >= 4 is 10.9 Å². The predicted octanol–water partition coefficient (Wildman–Crippen LogP) is 3.55. The van der Waals surface area contributed by atoms with E-state index in [2.05, 4.69) is 30.7 Å². The zero-order valence-electron chi connectivity index (χ0n) is 12.3. The molecule has 0 unspecified atom stereocenters. The molecule has 4 nitrogen and oxygen atoms in total. The largest absolute Gasteiger partial charge is 0.403 e. The van der Waals surface area contributed by atoms with Gasteiger partial charge in [0.05, 0.1) is 10.9 Å². The number of nitrogens with zero attached hydrogens (tertiary/aromatic N) is 2. The van der Waals surface area contributed by atoms with Gasteiger partial charge in [-0.2, -0.15) is 0 Å². The first-order chi connectivity index (χ1) is 9.95. The fourth-order valence-electron chi connectivity index (χ4n) is 2.16. The van der Waals surface area contributed by atoms with E-state index in [9.17, 15) is 4.79 Å². The molecule has 0 fully saturated rings. The highest BCUT2D eigenvalue weighted by Crippen LogP contribution is 2.25. The molecule has 0 aliphatic heterocycles. The summed E-state index contributed by atoms with van der Waals surface area (Å²) in [5.74, 6) is 0.318. The zero-order chi connectivity index (χ0) is 15.0. The third-order valence-corrected chi connectivity index (χ3v) is 3.42. The molecular weight excluding hydrogens is 264 g/mol.